The van der Waals surface area contributed by atoms with E-state index in [-0.39, 0.29) is 5.91 Å². The third kappa shape index (κ3) is 3.57. The summed E-state index contributed by atoms with van der Waals surface area (Å²) in [6.45, 7) is 5.70. The van der Waals surface area contributed by atoms with Crippen LogP contribution in [0.1, 0.15) is 31.7 Å². The third-order valence-corrected chi connectivity index (χ3v) is 5.12. The number of carbonyl (C=O) groups is 1. The van der Waals surface area contributed by atoms with Gasteiger partial charge in [0.2, 0.25) is 5.91 Å². The Morgan fingerprint density at radius 2 is 1.79 bits per heavy atom. The molecule has 0 atom stereocenters. The lowest BCUT2D eigenvalue weighted by atomic mass is 10.0. The largest absolute Gasteiger partial charge is 0.359 e. The maximum atomic E-state index is 12.6. The highest BCUT2D eigenvalue weighted by Crippen LogP contribution is 2.30. The summed E-state index contributed by atoms with van der Waals surface area (Å²) in [5, 5.41) is 1.04. The van der Waals surface area contributed by atoms with Crippen LogP contribution in [0.3, 0.4) is 0 Å². The summed E-state index contributed by atoms with van der Waals surface area (Å²) in [6, 6.07) is 16.2. The van der Waals surface area contributed by atoms with Gasteiger partial charge in [-0.3, -0.25) is 4.79 Å². The molecule has 0 bridgehead atoms. The normalized spacial score (nSPS) is 13.9. The first-order valence-corrected chi connectivity index (χ1v) is 9.88. The number of carbonyl (C=O) groups excluding carboxylic acids is 1. The van der Waals surface area contributed by atoms with Crippen LogP contribution in [0.25, 0.3) is 10.9 Å². The lowest BCUT2D eigenvalue weighted by Crippen LogP contribution is -2.35. The standard InChI is InChI=1S/C23H26N4O/c1-16(2)14-26(3)23-18-9-5-6-10-19(18)24-21(25-23)15-27-20-11-7-4-8-17(20)12-13-22(27)28/h4-11,16H,12-15H2,1-3H3. The van der Waals surface area contributed by atoms with E-state index in [2.05, 4.69) is 37.9 Å². The molecule has 0 unspecified atom stereocenters. The van der Waals surface area contributed by atoms with Gasteiger partial charge in [-0.15, -0.1) is 0 Å². The Kier molecular flexibility index (Phi) is 4.99. The van der Waals surface area contributed by atoms with Gasteiger partial charge in [0.15, 0.2) is 5.82 Å². The molecule has 5 nitrogen and oxygen atoms in total. The molecule has 3 aromatic rings. The minimum Gasteiger partial charge on any atom is -0.359 e. The molecule has 1 aromatic heterocycles. The summed E-state index contributed by atoms with van der Waals surface area (Å²) < 4.78 is 0. The summed E-state index contributed by atoms with van der Waals surface area (Å²) in [5.74, 6) is 2.26. The average molecular weight is 374 g/mol. The molecule has 0 N–H and O–H groups in total. The summed E-state index contributed by atoms with van der Waals surface area (Å²) >= 11 is 0. The van der Waals surface area contributed by atoms with Gasteiger partial charge in [0, 0.05) is 31.1 Å². The number of fused-ring (bicyclic) bond motifs is 2. The second-order valence-corrected chi connectivity index (χ2v) is 7.86. The second kappa shape index (κ2) is 7.58. The zero-order valence-electron chi connectivity index (χ0n) is 16.7. The number of amides is 1. The van der Waals surface area contributed by atoms with E-state index in [9.17, 15) is 4.79 Å². The first-order chi connectivity index (χ1) is 13.5. The molecular weight excluding hydrogens is 348 g/mol. The van der Waals surface area contributed by atoms with E-state index in [1.165, 1.54) is 5.56 Å². The Hall–Kier alpha value is -2.95. The molecule has 0 aliphatic carbocycles. The van der Waals surface area contributed by atoms with Gasteiger partial charge in [-0.25, -0.2) is 9.97 Å². The lowest BCUT2D eigenvalue weighted by molar-refractivity contribution is -0.119. The first kappa shape index (κ1) is 18.4. The van der Waals surface area contributed by atoms with Gasteiger partial charge >= 0.3 is 0 Å². The third-order valence-electron chi connectivity index (χ3n) is 5.12. The average Bonchev–Trinajstić information content (AvgIpc) is 2.69. The van der Waals surface area contributed by atoms with Crippen LogP contribution < -0.4 is 9.80 Å². The summed E-state index contributed by atoms with van der Waals surface area (Å²) in [6.07, 6.45) is 1.33. The van der Waals surface area contributed by atoms with Crippen molar-refractivity contribution in [2.75, 3.05) is 23.4 Å². The number of anilines is 2. The molecule has 2 aromatic carbocycles. The number of aryl methyl sites for hydroxylation is 1. The molecule has 2 heterocycles. The number of hydrogen-bond acceptors (Lipinski definition) is 4. The highest BCUT2D eigenvalue weighted by Gasteiger charge is 2.25. The van der Waals surface area contributed by atoms with Crippen molar-refractivity contribution in [1.29, 1.82) is 0 Å². The number of nitrogens with zero attached hydrogens (tertiary/aromatic N) is 4. The van der Waals surface area contributed by atoms with Crippen molar-refractivity contribution in [3.63, 3.8) is 0 Å². The van der Waals surface area contributed by atoms with Crippen LogP contribution in [-0.2, 0) is 17.8 Å². The number of aromatic nitrogens is 2. The van der Waals surface area contributed by atoms with E-state index in [0.29, 0.717) is 24.7 Å². The maximum absolute atomic E-state index is 12.6. The fraction of sp³-hybridized carbons (Fsp3) is 0.348. The van der Waals surface area contributed by atoms with Crippen molar-refractivity contribution in [2.24, 2.45) is 5.92 Å². The van der Waals surface area contributed by atoms with E-state index in [0.717, 1.165) is 35.4 Å². The molecule has 4 rings (SSSR count). The Balaban J connectivity index is 1.74. The van der Waals surface area contributed by atoms with Crippen LogP contribution in [0.15, 0.2) is 48.5 Å². The van der Waals surface area contributed by atoms with Gasteiger partial charge in [-0.2, -0.15) is 0 Å². The Bertz CT molecular complexity index is 1010. The van der Waals surface area contributed by atoms with Crippen LogP contribution in [-0.4, -0.2) is 29.5 Å². The summed E-state index contributed by atoms with van der Waals surface area (Å²) in [5.41, 5.74) is 3.10. The van der Waals surface area contributed by atoms with Crippen molar-refractivity contribution >= 4 is 28.3 Å². The SMILES string of the molecule is CC(C)CN(C)c1nc(CN2C(=O)CCc3ccccc32)nc2ccccc12. The van der Waals surface area contributed by atoms with Crippen LogP contribution in [0.4, 0.5) is 11.5 Å². The van der Waals surface area contributed by atoms with Crippen molar-refractivity contribution in [1.82, 2.24) is 9.97 Å². The number of rotatable bonds is 5. The molecule has 1 amide bonds. The van der Waals surface area contributed by atoms with Gasteiger partial charge in [-0.05, 0) is 36.1 Å². The van der Waals surface area contributed by atoms with E-state index in [4.69, 9.17) is 9.97 Å². The smallest absolute Gasteiger partial charge is 0.227 e. The minimum atomic E-state index is 0.132. The van der Waals surface area contributed by atoms with E-state index in [1.54, 1.807) is 0 Å². The Morgan fingerprint density at radius 1 is 1.04 bits per heavy atom. The first-order valence-electron chi connectivity index (χ1n) is 9.88. The topological polar surface area (TPSA) is 49.3 Å². The molecule has 0 saturated heterocycles. The Labute approximate surface area is 166 Å². The predicted octanol–water partition coefficient (Wildman–Crippen LogP) is 4.20. The molecule has 5 heteroatoms. The number of hydrogen-bond donors (Lipinski definition) is 0. The van der Waals surface area contributed by atoms with E-state index in [1.807, 2.05) is 41.3 Å². The van der Waals surface area contributed by atoms with Crippen LogP contribution in [0, 0.1) is 5.92 Å². The zero-order chi connectivity index (χ0) is 19.7. The molecule has 28 heavy (non-hydrogen) atoms. The van der Waals surface area contributed by atoms with Crippen molar-refractivity contribution in [3.05, 3.63) is 59.9 Å². The quantitative estimate of drug-likeness (QED) is 0.671. The summed E-state index contributed by atoms with van der Waals surface area (Å²) in [7, 11) is 2.07. The fourth-order valence-electron chi connectivity index (χ4n) is 3.91. The van der Waals surface area contributed by atoms with Crippen molar-refractivity contribution in [2.45, 2.75) is 33.2 Å². The molecular formula is C23H26N4O. The fourth-order valence-corrected chi connectivity index (χ4v) is 3.91. The Morgan fingerprint density at radius 3 is 2.61 bits per heavy atom. The molecule has 0 fully saturated rings. The number of benzene rings is 2. The van der Waals surface area contributed by atoms with Crippen LogP contribution in [0.5, 0.6) is 0 Å². The van der Waals surface area contributed by atoms with Crippen LogP contribution >= 0.6 is 0 Å². The summed E-state index contributed by atoms with van der Waals surface area (Å²) in [4.78, 5) is 26.3. The van der Waals surface area contributed by atoms with Crippen molar-refractivity contribution in [3.8, 4) is 0 Å². The predicted molar refractivity (Wildman–Crippen MR) is 114 cm³/mol. The van der Waals surface area contributed by atoms with Crippen LogP contribution in [0.2, 0.25) is 0 Å². The van der Waals surface area contributed by atoms with Gasteiger partial charge in [-0.1, -0.05) is 44.2 Å². The molecule has 0 spiro atoms. The molecule has 144 valence electrons. The zero-order valence-corrected chi connectivity index (χ0v) is 16.7. The molecule has 1 aliphatic rings. The highest BCUT2D eigenvalue weighted by atomic mass is 16.2. The lowest BCUT2D eigenvalue weighted by Gasteiger charge is -2.29. The maximum Gasteiger partial charge on any atom is 0.227 e. The molecule has 0 saturated carbocycles. The van der Waals surface area contributed by atoms with E-state index < -0.39 is 0 Å². The van der Waals surface area contributed by atoms with E-state index >= 15 is 0 Å². The van der Waals surface area contributed by atoms with Crippen molar-refractivity contribution < 1.29 is 4.79 Å². The number of para-hydroxylation sites is 2. The second-order valence-electron chi connectivity index (χ2n) is 7.86. The monoisotopic (exact) mass is 374 g/mol. The molecule has 0 radical (unpaired) electrons. The van der Waals surface area contributed by atoms with Gasteiger partial charge in [0.1, 0.15) is 5.82 Å². The van der Waals surface area contributed by atoms with Gasteiger partial charge < -0.3 is 9.80 Å². The van der Waals surface area contributed by atoms with Gasteiger partial charge in [0.25, 0.3) is 0 Å². The van der Waals surface area contributed by atoms with Gasteiger partial charge in [0.05, 0.1) is 12.1 Å². The highest BCUT2D eigenvalue weighted by molar-refractivity contribution is 5.96. The minimum absolute atomic E-state index is 0.132. The molecule has 1 aliphatic heterocycles.